The number of carbonyl (C=O) groups excluding carboxylic acids is 1. The van der Waals surface area contributed by atoms with E-state index >= 15 is 0 Å². The number of halogens is 1. The number of nitrogens with zero attached hydrogens (tertiary/aromatic N) is 3. The van der Waals surface area contributed by atoms with E-state index in [0.29, 0.717) is 21.1 Å². The lowest BCUT2D eigenvalue weighted by atomic mass is 10.2. The van der Waals surface area contributed by atoms with Crippen molar-refractivity contribution in [3.63, 3.8) is 0 Å². The van der Waals surface area contributed by atoms with E-state index in [2.05, 4.69) is 15.3 Å². The van der Waals surface area contributed by atoms with Crippen molar-refractivity contribution >= 4 is 56.5 Å². The zero-order valence-electron chi connectivity index (χ0n) is 15.3. The normalized spacial score (nSPS) is 11.0. The van der Waals surface area contributed by atoms with Crippen LogP contribution in [0.3, 0.4) is 0 Å². The molecule has 1 amide bonds. The van der Waals surface area contributed by atoms with Crippen LogP contribution in [0.25, 0.3) is 20.7 Å². The highest BCUT2D eigenvalue weighted by atomic mass is 35.5. The largest absolute Gasteiger partial charge is 0.323 e. The Labute approximate surface area is 179 Å². The highest BCUT2D eigenvalue weighted by Gasteiger charge is 2.15. The first-order valence-corrected chi connectivity index (χ1v) is 10.8. The van der Waals surface area contributed by atoms with Gasteiger partial charge in [-0.2, -0.15) is 0 Å². The van der Waals surface area contributed by atoms with Crippen molar-refractivity contribution < 1.29 is 4.79 Å². The molecule has 0 aliphatic carbocycles. The molecular formula is C20H15ClN4O2S2. The summed E-state index contributed by atoms with van der Waals surface area (Å²) in [7, 11) is 1.66. The van der Waals surface area contributed by atoms with Crippen molar-refractivity contribution in [2.75, 3.05) is 11.1 Å². The SMILES string of the molecule is Cn1c(SCC(=O)Nc2cccnc2Cl)nc2sc(-c3ccccc3)cc2c1=O. The topological polar surface area (TPSA) is 76.9 Å². The molecule has 0 radical (unpaired) electrons. The minimum absolute atomic E-state index is 0.0912. The molecule has 6 nitrogen and oxygen atoms in total. The number of hydrogen-bond acceptors (Lipinski definition) is 6. The Hall–Kier alpha value is -2.68. The van der Waals surface area contributed by atoms with Gasteiger partial charge in [-0.1, -0.05) is 53.7 Å². The Morgan fingerprint density at radius 2 is 2.03 bits per heavy atom. The number of carbonyl (C=O) groups is 1. The summed E-state index contributed by atoms with van der Waals surface area (Å²) in [5, 5.41) is 4.00. The summed E-state index contributed by atoms with van der Waals surface area (Å²) in [5.74, 6) is -0.163. The number of benzene rings is 1. The molecule has 4 rings (SSSR count). The number of rotatable bonds is 5. The van der Waals surface area contributed by atoms with Crippen molar-refractivity contribution in [1.82, 2.24) is 14.5 Å². The Morgan fingerprint density at radius 1 is 1.24 bits per heavy atom. The number of pyridine rings is 1. The van der Waals surface area contributed by atoms with Crippen LogP contribution in [0.4, 0.5) is 5.69 Å². The number of thiophene rings is 1. The smallest absolute Gasteiger partial charge is 0.262 e. The van der Waals surface area contributed by atoms with Gasteiger partial charge >= 0.3 is 0 Å². The molecule has 3 heterocycles. The fraction of sp³-hybridized carbons (Fsp3) is 0.100. The number of hydrogen-bond donors (Lipinski definition) is 1. The Morgan fingerprint density at radius 3 is 2.79 bits per heavy atom. The maximum Gasteiger partial charge on any atom is 0.262 e. The second kappa shape index (κ2) is 8.36. The molecule has 0 saturated carbocycles. The molecule has 146 valence electrons. The summed E-state index contributed by atoms with van der Waals surface area (Å²) in [6, 6.07) is 15.1. The summed E-state index contributed by atoms with van der Waals surface area (Å²) in [6.07, 6.45) is 1.55. The molecule has 0 bridgehead atoms. The minimum atomic E-state index is -0.254. The number of fused-ring (bicyclic) bond motifs is 1. The number of anilines is 1. The van der Waals surface area contributed by atoms with Crippen LogP contribution >= 0.6 is 34.7 Å². The van der Waals surface area contributed by atoms with Crippen LogP contribution in [0.2, 0.25) is 5.15 Å². The molecule has 0 unspecified atom stereocenters. The van der Waals surface area contributed by atoms with Gasteiger partial charge in [0.2, 0.25) is 5.91 Å². The highest BCUT2D eigenvalue weighted by molar-refractivity contribution is 7.99. The van der Waals surface area contributed by atoms with Crippen molar-refractivity contribution in [1.29, 1.82) is 0 Å². The van der Waals surface area contributed by atoms with Crippen LogP contribution in [0.1, 0.15) is 0 Å². The van der Waals surface area contributed by atoms with E-state index in [1.807, 2.05) is 36.4 Å². The molecule has 0 aliphatic rings. The maximum absolute atomic E-state index is 12.8. The third kappa shape index (κ3) is 4.19. The summed E-state index contributed by atoms with van der Waals surface area (Å²) < 4.78 is 1.47. The number of nitrogens with one attached hydrogen (secondary N) is 1. The molecule has 0 saturated heterocycles. The van der Waals surface area contributed by atoms with E-state index < -0.39 is 0 Å². The first kappa shape index (κ1) is 19.6. The zero-order valence-corrected chi connectivity index (χ0v) is 17.6. The Bertz CT molecular complexity index is 1250. The van der Waals surface area contributed by atoms with Gasteiger partial charge in [-0.05, 0) is 23.8 Å². The molecule has 29 heavy (non-hydrogen) atoms. The van der Waals surface area contributed by atoms with Gasteiger partial charge < -0.3 is 5.32 Å². The third-order valence-electron chi connectivity index (χ3n) is 4.16. The molecular weight excluding hydrogens is 428 g/mol. The van der Waals surface area contributed by atoms with Crippen LogP contribution in [0.15, 0.2) is 64.7 Å². The summed E-state index contributed by atoms with van der Waals surface area (Å²) in [5.41, 5.74) is 1.36. The molecule has 9 heteroatoms. The lowest BCUT2D eigenvalue weighted by Gasteiger charge is -2.08. The molecule has 0 aliphatic heterocycles. The highest BCUT2D eigenvalue weighted by Crippen LogP contribution is 2.32. The van der Waals surface area contributed by atoms with Gasteiger partial charge in [0.15, 0.2) is 10.3 Å². The maximum atomic E-state index is 12.8. The van der Waals surface area contributed by atoms with Gasteiger partial charge in [-0.25, -0.2) is 9.97 Å². The van der Waals surface area contributed by atoms with Gasteiger partial charge in [-0.15, -0.1) is 11.3 Å². The molecule has 0 fully saturated rings. The summed E-state index contributed by atoms with van der Waals surface area (Å²) >= 11 is 8.62. The van der Waals surface area contributed by atoms with E-state index in [1.165, 1.54) is 27.7 Å². The van der Waals surface area contributed by atoms with Crippen LogP contribution in [-0.4, -0.2) is 26.2 Å². The molecule has 4 aromatic rings. The summed E-state index contributed by atoms with van der Waals surface area (Å²) in [4.78, 5) is 35.2. The summed E-state index contributed by atoms with van der Waals surface area (Å²) in [6.45, 7) is 0. The van der Waals surface area contributed by atoms with Crippen molar-refractivity contribution in [2.24, 2.45) is 7.05 Å². The quantitative estimate of drug-likeness (QED) is 0.281. The average Bonchev–Trinajstić information content (AvgIpc) is 3.16. The molecule has 3 aromatic heterocycles. The predicted molar refractivity (Wildman–Crippen MR) is 119 cm³/mol. The van der Waals surface area contributed by atoms with E-state index in [9.17, 15) is 9.59 Å². The predicted octanol–water partition coefficient (Wildman–Crippen LogP) is 4.44. The van der Waals surface area contributed by atoms with Gasteiger partial charge in [-0.3, -0.25) is 14.2 Å². The number of thioether (sulfide) groups is 1. The second-order valence-corrected chi connectivity index (χ2v) is 8.46. The van der Waals surface area contributed by atoms with E-state index in [4.69, 9.17) is 11.6 Å². The third-order valence-corrected chi connectivity index (χ3v) is 6.56. The standard InChI is InChI=1S/C20H15ClN4O2S2/c1-25-19(27)13-10-15(12-6-3-2-4-7-12)29-18(13)24-20(25)28-11-16(26)23-14-8-5-9-22-17(14)21/h2-10H,11H2,1H3,(H,23,26). The first-order valence-electron chi connectivity index (χ1n) is 8.62. The van der Waals surface area contributed by atoms with Gasteiger partial charge in [0.05, 0.1) is 16.8 Å². The average molecular weight is 443 g/mol. The van der Waals surface area contributed by atoms with Crippen LogP contribution in [0.5, 0.6) is 0 Å². The molecule has 1 N–H and O–H groups in total. The lowest BCUT2D eigenvalue weighted by Crippen LogP contribution is -2.21. The Balaban J connectivity index is 1.56. The second-order valence-electron chi connectivity index (χ2n) is 6.13. The van der Waals surface area contributed by atoms with E-state index in [0.717, 1.165) is 10.4 Å². The van der Waals surface area contributed by atoms with E-state index in [1.54, 1.807) is 25.4 Å². The molecule has 1 aromatic carbocycles. The van der Waals surface area contributed by atoms with Crippen LogP contribution in [-0.2, 0) is 11.8 Å². The van der Waals surface area contributed by atoms with Crippen LogP contribution < -0.4 is 10.9 Å². The van der Waals surface area contributed by atoms with Gasteiger partial charge in [0.25, 0.3) is 5.56 Å². The van der Waals surface area contributed by atoms with Gasteiger partial charge in [0.1, 0.15) is 4.83 Å². The monoisotopic (exact) mass is 442 g/mol. The zero-order chi connectivity index (χ0) is 20.4. The number of amides is 1. The number of aromatic nitrogens is 3. The lowest BCUT2D eigenvalue weighted by molar-refractivity contribution is -0.113. The minimum Gasteiger partial charge on any atom is -0.323 e. The molecule has 0 atom stereocenters. The van der Waals surface area contributed by atoms with Gasteiger partial charge in [0, 0.05) is 18.1 Å². The Kier molecular flexibility index (Phi) is 5.66. The fourth-order valence-electron chi connectivity index (χ4n) is 2.72. The van der Waals surface area contributed by atoms with Crippen molar-refractivity contribution in [3.8, 4) is 10.4 Å². The van der Waals surface area contributed by atoms with Crippen molar-refractivity contribution in [2.45, 2.75) is 5.16 Å². The fourth-order valence-corrected chi connectivity index (χ4v) is 4.73. The van der Waals surface area contributed by atoms with Crippen molar-refractivity contribution in [3.05, 3.63) is 70.2 Å². The van der Waals surface area contributed by atoms with E-state index in [-0.39, 0.29) is 22.4 Å². The van der Waals surface area contributed by atoms with Crippen LogP contribution in [0, 0.1) is 0 Å². The molecule has 0 spiro atoms. The first-order chi connectivity index (χ1) is 14.0.